The third kappa shape index (κ3) is 3.32. The fraction of sp³-hybridized carbons (Fsp3) is 0.364. The maximum Gasteiger partial charge on any atom is 0.241 e. The number of nitrogens with two attached hydrogens (primary N) is 1. The van der Waals surface area contributed by atoms with Gasteiger partial charge in [0.15, 0.2) is 0 Å². The van der Waals surface area contributed by atoms with Crippen molar-refractivity contribution in [2.24, 2.45) is 11.7 Å². The molecule has 4 heteroatoms. The number of rotatable bonds is 3. The molecule has 0 aromatic heterocycles. The smallest absolute Gasteiger partial charge is 0.241 e. The van der Waals surface area contributed by atoms with Gasteiger partial charge in [-0.1, -0.05) is 13.8 Å². The van der Waals surface area contributed by atoms with Gasteiger partial charge in [0.25, 0.3) is 0 Å². The van der Waals surface area contributed by atoms with Crippen LogP contribution in [-0.2, 0) is 4.79 Å². The molecule has 0 fully saturated rings. The van der Waals surface area contributed by atoms with E-state index >= 15 is 0 Å². The zero-order valence-corrected chi connectivity index (χ0v) is 8.83. The quantitative estimate of drug-likeness (QED) is 0.798. The highest BCUT2D eigenvalue weighted by Crippen LogP contribution is 2.09. The highest BCUT2D eigenvalue weighted by molar-refractivity contribution is 5.94. The molecule has 0 heterocycles. The van der Waals surface area contributed by atoms with Crippen LogP contribution in [0.1, 0.15) is 13.8 Å². The molecule has 1 atom stereocenters. The van der Waals surface area contributed by atoms with Crippen LogP contribution in [0.4, 0.5) is 10.1 Å². The van der Waals surface area contributed by atoms with Crippen LogP contribution >= 0.6 is 0 Å². The summed E-state index contributed by atoms with van der Waals surface area (Å²) in [5.41, 5.74) is 6.20. The Morgan fingerprint density at radius 3 is 2.33 bits per heavy atom. The van der Waals surface area contributed by atoms with E-state index in [4.69, 9.17) is 5.73 Å². The standard InChI is InChI=1S/C11H15FN2O/c1-7(2)10(13)11(15)14-9-5-3-8(12)4-6-9/h3-7,10H,13H2,1-2H3,(H,14,15)/t10-/m0/s1. The van der Waals surface area contributed by atoms with E-state index in [0.717, 1.165) is 0 Å². The Kier molecular flexibility index (Phi) is 3.80. The summed E-state index contributed by atoms with van der Waals surface area (Å²) in [5.74, 6) is -0.511. The van der Waals surface area contributed by atoms with Crippen LogP contribution in [0.15, 0.2) is 24.3 Å². The second kappa shape index (κ2) is 4.89. The minimum atomic E-state index is -0.546. The number of hydrogen-bond donors (Lipinski definition) is 2. The monoisotopic (exact) mass is 210 g/mol. The number of benzene rings is 1. The molecule has 0 aliphatic rings. The van der Waals surface area contributed by atoms with Gasteiger partial charge in [-0.15, -0.1) is 0 Å². The Morgan fingerprint density at radius 1 is 1.33 bits per heavy atom. The number of carbonyl (C=O) groups is 1. The normalized spacial score (nSPS) is 12.6. The lowest BCUT2D eigenvalue weighted by molar-refractivity contribution is -0.118. The number of amides is 1. The molecule has 0 unspecified atom stereocenters. The molecule has 1 rings (SSSR count). The van der Waals surface area contributed by atoms with E-state index in [-0.39, 0.29) is 17.6 Å². The molecule has 0 spiro atoms. The van der Waals surface area contributed by atoms with Crippen LogP contribution in [0.5, 0.6) is 0 Å². The van der Waals surface area contributed by atoms with Gasteiger partial charge in [-0.25, -0.2) is 4.39 Å². The fourth-order valence-corrected chi connectivity index (χ4v) is 1.06. The van der Waals surface area contributed by atoms with Gasteiger partial charge in [-0.05, 0) is 30.2 Å². The van der Waals surface area contributed by atoms with E-state index < -0.39 is 6.04 Å². The number of halogens is 1. The molecule has 3 nitrogen and oxygen atoms in total. The minimum absolute atomic E-state index is 0.0745. The Morgan fingerprint density at radius 2 is 1.87 bits per heavy atom. The Balaban J connectivity index is 2.62. The van der Waals surface area contributed by atoms with Crippen molar-refractivity contribution in [3.63, 3.8) is 0 Å². The maximum atomic E-state index is 12.6. The zero-order valence-electron chi connectivity index (χ0n) is 8.83. The molecule has 0 aliphatic heterocycles. The molecule has 0 bridgehead atoms. The van der Waals surface area contributed by atoms with E-state index in [2.05, 4.69) is 5.32 Å². The van der Waals surface area contributed by atoms with E-state index in [1.165, 1.54) is 24.3 Å². The van der Waals surface area contributed by atoms with E-state index in [9.17, 15) is 9.18 Å². The zero-order chi connectivity index (χ0) is 11.4. The van der Waals surface area contributed by atoms with Gasteiger partial charge in [-0.3, -0.25) is 4.79 Å². The van der Waals surface area contributed by atoms with Crippen molar-refractivity contribution >= 4 is 11.6 Å². The number of carbonyl (C=O) groups excluding carboxylic acids is 1. The summed E-state index contributed by atoms with van der Waals surface area (Å²) < 4.78 is 12.6. The van der Waals surface area contributed by atoms with Crippen molar-refractivity contribution in [1.82, 2.24) is 0 Å². The predicted molar refractivity (Wildman–Crippen MR) is 57.8 cm³/mol. The van der Waals surface area contributed by atoms with Gasteiger partial charge < -0.3 is 11.1 Å². The van der Waals surface area contributed by atoms with Crippen LogP contribution < -0.4 is 11.1 Å². The summed E-state index contributed by atoms with van der Waals surface area (Å²) in [6.45, 7) is 3.74. The molecule has 82 valence electrons. The lowest BCUT2D eigenvalue weighted by Crippen LogP contribution is -2.39. The van der Waals surface area contributed by atoms with E-state index in [1.807, 2.05) is 13.8 Å². The van der Waals surface area contributed by atoms with Gasteiger partial charge in [0, 0.05) is 5.69 Å². The predicted octanol–water partition coefficient (Wildman–Crippen LogP) is 1.75. The minimum Gasteiger partial charge on any atom is -0.325 e. The van der Waals surface area contributed by atoms with E-state index in [1.54, 1.807) is 0 Å². The fourth-order valence-electron chi connectivity index (χ4n) is 1.06. The largest absolute Gasteiger partial charge is 0.325 e. The molecule has 15 heavy (non-hydrogen) atoms. The van der Waals surface area contributed by atoms with Gasteiger partial charge in [0.2, 0.25) is 5.91 Å². The SMILES string of the molecule is CC(C)[C@H](N)C(=O)Nc1ccc(F)cc1. The van der Waals surface area contributed by atoms with Gasteiger partial charge >= 0.3 is 0 Å². The van der Waals surface area contributed by atoms with Gasteiger partial charge in [-0.2, -0.15) is 0 Å². The van der Waals surface area contributed by atoms with Gasteiger partial charge in [0.05, 0.1) is 6.04 Å². The lowest BCUT2D eigenvalue weighted by Gasteiger charge is -2.15. The van der Waals surface area contributed by atoms with Crippen molar-refractivity contribution in [2.45, 2.75) is 19.9 Å². The topological polar surface area (TPSA) is 55.1 Å². The first kappa shape index (κ1) is 11.7. The highest BCUT2D eigenvalue weighted by atomic mass is 19.1. The summed E-state index contributed by atoms with van der Waals surface area (Å²) in [6, 6.07) is 5.03. The number of anilines is 1. The average Bonchev–Trinajstić information content (AvgIpc) is 2.20. The van der Waals surface area contributed by atoms with Gasteiger partial charge in [0.1, 0.15) is 5.82 Å². The summed E-state index contributed by atoms with van der Waals surface area (Å²) in [6.07, 6.45) is 0. The summed E-state index contributed by atoms with van der Waals surface area (Å²) in [5, 5.41) is 2.62. The summed E-state index contributed by atoms with van der Waals surface area (Å²) >= 11 is 0. The molecular weight excluding hydrogens is 195 g/mol. The Hall–Kier alpha value is -1.42. The van der Waals surface area contributed by atoms with Crippen LogP contribution in [0.25, 0.3) is 0 Å². The lowest BCUT2D eigenvalue weighted by atomic mass is 10.1. The molecule has 3 N–H and O–H groups in total. The second-order valence-electron chi connectivity index (χ2n) is 3.77. The first-order chi connectivity index (χ1) is 7.00. The van der Waals surface area contributed by atoms with Crippen molar-refractivity contribution in [3.8, 4) is 0 Å². The third-order valence-corrected chi connectivity index (χ3v) is 2.13. The maximum absolute atomic E-state index is 12.6. The summed E-state index contributed by atoms with van der Waals surface area (Å²) in [4.78, 5) is 11.5. The molecule has 1 amide bonds. The van der Waals surface area contributed by atoms with Crippen molar-refractivity contribution < 1.29 is 9.18 Å². The molecule has 0 aliphatic carbocycles. The second-order valence-corrected chi connectivity index (χ2v) is 3.77. The molecular formula is C11H15FN2O. The number of hydrogen-bond acceptors (Lipinski definition) is 2. The molecule has 1 aromatic carbocycles. The van der Waals surface area contributed by atoms with E-state index in [0.29, 0.717) is 5.69 Å². The van der Waals surface area contributed by atoms with Crippen molar-refractivity contribution in [1.29, 1.82) is 0 Å². The van der Waals surface area contributed by atoms with Crippen molar-refractivity contribution in [3.05, 3.63) is 30.1 Å². The first-order valence-corrected chi connectivity index (χ1v) is 4.82. The molecule has 0 radical (unpaired) electrons. The first-order valence-electron chi connectivity index (χ1n) is 4.82. The summed E-state index contributed by atoms with van der Waals surface area (Å²) in [7, 11) is 0. The molecule has 0 saturated heterocycles. The number of nitrogens with one attached hydrogen (secondary N) is 1. The van der Waals surface area contributed by atoms with Crippen LogP contribution in [0.3, 0.4) is 0 Å². The molecule has 1 aromatic rings. The van der Waals surface area contributed by atoms with Crippen LogP contribution in [-0.4, -0.2) is 11.9 Å². The Bertz CT molecular complexity index is 335. The average molecular weight is 210 g/mol. The van der Waals surface area contributed by atoms with Crippen LogP contribution in [0.2, 0.25) is 0 Å². The Labute approximate surface area is 88.5 Å². The van der Waals surface area contributed by atoms with Crippen molar-refractivity contribution in [2.75, 3.05) is 5.32 Å². The third-order valence-electron chi connectivity index (χ3n) is 2.13. The van der Waals surface area contributed by atoms with Crippen LogP contribution in [0, 0.1) is 11.7 Å². The highest BCUT2D eigenvalue weighted by Gasteiger charge is 2.16. The molecule has 0 saturated carbocycles.